The molecule has 1 saturated carbocycles. The highest BCUT2D eigenvalue weighted by Crippen LogP contribution is 2.50. The third-order valence-electron chi connectivity index (χ3n) is 4.90. The van der Waals surface area contributed by atoms with Gasteiger partial charge in [-0.2, -0.15) is 0 Å². The summed E-state index contributed by atoms with van der Waals surface area (Å²) in [7, 11) is 1.74. The van der Waals surface area contributed by atoms with Crippen LogP contribution in [-0.2, 0) is 11.8 Å². The quantitative estimate of drug-likeness (QED) is 0.824. The molecule has 3 rings (SSSR count). The Balaban J connectivity index is 2.15. The maximum absolute atomic E-state index is 10.6. The zero-order chi connectivity index (χ0) is 12.6. The van der Waals surface area contributed by atoms with Crippen molar-refractivity contribution in [3.05, 3.63) is 29.3 Å². The van der Waals surface area contributed by atoms with Crippen LogP contribution in [0.15, 0.2) is 18.2 Å². The molecule has 2 heteroatoms. The summed E-state index contributed by atoms with van der Waals surface area (Å²) in [5, 5.41) is 10.6. The monoisotopic (exact) mass is 246 g/mol. The summed E-state index contributed by atoms with van der Waals surface area (Å²) in [6.07, 6.45) is 7.68. The Labute approximate surface area is 109 Å². The van der Waals surface area contributed by atoms with Gasteiger partial charge in [0.25, 0.3) is 0 Å². The molecule has 0 bridgehead atoms. The van der Waals surface area contributed by atoms with E-state index in [0.29, 0.717) is 0 Å². The summed E-state index contributed by atoms with van der Waals surface area (Å²) in [5.74, 6) is 0.980. The molecule has 2 aliphatic rings. The molecule has 1 spiro atoms. The van der Waals surface area contributed by atoms with E-state index in [4.69, 9.17) is 4.74 Å². The molecule has 1 aromatic rings. The molecule has 2 nitrogen and oxygen atoms in total. The molecule has 0 radical (unpaired) electrons. The van der Waals surface area contributed by atoms with E-state index in [-0.39, 0.29) is 11.5 Å². The molecule has 1 N–H and O–H groups in total. The van der Waals surface area contributed by atoms with Crippen LogP contribution in [0, 0.1) is 0 Å². The highest BCUT2D eigenvalue weighted by molar-refractivity contribution is 5.48. The van der Waals surface area contributed by atoms with Crippen LogP contribution in [0.25, 0.3) is 0 Å². The van der Waals surface area contributed by atoms with Gasteiger partial charge >= 0.3 is 0 Å². The van der Waals surface area contributed by atoms with Gasteiger partial charge in [-0.05, 0) is 37.3 Å². The van der Waals surface area contributed by atoms with E-state index in [1.54, 1.807) is 7.11 Å². The van der Waals surface area contributed by atoms with Crippen molar-refractivity contribution < 1.29 is 9.84 Å². The van der Waals surface area contributed by atoms with Crippen LogP contribution in [0.5, 0.6) is 5.75 Å². The number of ether oxygens (including phenoxy) is 1. The van der Waals surface area contributed by atoms with Crippen molar-refractivity contribution in [3.63, 3.8) is 0 Å². The molecule has 1 unspecified atom stereocenters. The molecule has 1 fully saturated rings. The lowest BCUT2D eigenvalue weighted by Crippen LogP contribution is -2.45. The molecule has 0 saturated heterocycles. The average molecular weight is 246 g/mol. The second kappa shape index (κ2) is 4.58. The Kier molecular flexibility index (Phi) is 3.06. The summed E-state index contributed by atoms with van der Waals surface area (Å²) in [4.78, 5) is 0. The van der Waals surface area contributed by atoms with Gasteiger partial charge in [0.15, 0.2) is 0 Å². The first kappa shape index (κ1) is 12.0. The predicted molar refractivity (Wildman–Crippen MR) is 72.1 cm³/mol. The molecule has 0 heterocycles. The summed E-state index contributed by atoms with van der Waals surface area (Å²) in [6, 6.07) is 6.33. The van der Waals surface area contributed by atoms with Crippen molar-refractivity contribution in [1.82, 2.24) is 0 Å². The van der Waals surface area contributed by atoms with Crippen molar-refractivity contribution in [2.45, 2.75) is 56.5 Å². The predicted octanol–water partition coefficient (Wildman–Crippen LogP) is 3.20. The molecule has 2 aliphatic carbocycles. The van der Waals surface area contributed by atoms with Crippen molar-refractivity contribution >= 4 is 0 Å². The Morgan fingerprint density at radius 2 is 2.00 bits per heavy atom. The molecular formula is C16H22O2. The van der Waals surface area contributed by atoms with E-state index in [9.17, 15) is 5.11 Å². The maximum Gasteiger partial charge on any atom is 0.122 e. The van der Waals surface area contributed by atoms with Crippen molar-refractivity contribution in [2.75, 3.05) is 7.11 Å². The normalized spacial score (nSPS) is 25.8. The Bertz CT molecular complexity index is 418. The molecule has 0 aromatic heterocycles. The van der Waals surface area contributed by atoms with Crippen LogP contribution < -0.4 is 4.74 Å². The van der Waals surface area contributed by atoms with Gasteiger partial charge < -0.3 is 9.84 Å². The summed E-state index contributed by atoms with van der Waals surface area (Å²) in [5.41, 5.74) is 2.67. The van der Waals surface area contributed by atoms with Crippen LogP contribution in [0.1, 0.15) is 49.7 Å². The molecule has 1 atom stereocenters. The van der Waals surface area contributed by atoms with Gasteiger partial charge in [0, 0.05) is 11.0 Å². The molecule has 98 valence electrons. The highest BCUT2D eigenvalue weighted by atomic mass is 16.5. The van der Waals surface area contributed by atoms with Gasteiger partial charge in [-0.15, -0.1) is 0 Å². The van der Waals surface area contributed by atoms with Crippen molar-refractivity contribution in [3.8, 4) is 5.75 Å². The van der Waals surface area contributed by atoms with Crippen LogP contribution in [-0.4, -0.2) is 18.3 Å². The third-order valence-corrected chi connectivity index (χ3v) is 4.90. The SMILES string of the molecule is COc1cccc2c1C1(CCCCC1)C(O)CC2. The number of methoxy groups -OCH3 is 1. The third kappa shape index (κ3) is 1.66. The molecule has 18 heavy (non-hydrogen) atoms. The van der Waals surface area contributed by atoms with Gasteiger partial charge in [0.05, 0.1) is 13.2 Å². The second-order valence-corrected chi connectivity index (χ2v) is 5.77. The van der Waals surface area contributed by atoms with Crippen molar-refractivity contribution in [2.24, 2.45) is 0 Å². The number of fused-ring (bicyclic) bond motifs is 2. The van der Waals surface area contributed by atoms with Gasteiger partial charge in [0.1, 0.15) is 5.75 Å². The standard InChI is InChI=1S/C16H22O2/c1-18-13-7-5-6-12-8-9-14(17)16(15(12)13)10-3-2-4-11-16/h5-7,14,17H,2-4,8-11H2,1H3. The van der Waals surface area contributed by atoms with E-state index >= 15 is 0 Å². The minimum absolute atomic E-state index is 0.0293. The molecule has 1 aromatic carbocycles. The van der Waals surface area contributed by atoms with Crippen LogP contribution in [0.4, 0.5) is 0 Å². The topological polar surface area (TPSA) is 29.5 Å². The van der Waals surface area contributed by atoms with Crippen LogP contribution in [0.2, 0.25) is 0 Å². The summed E-state index contributed by atoms with van der Waals surface area (Å²) >= 11 is 0. The average Bonchev–Trinajstić information content (AvgIpc) is 2.44. The molecule has 0 aliphatic heterocycles. The minimum atomic E-state index is -0.193. The summed E-state index contributed by atoms with van der Waals surface area (Å²) in [6.45, 7) is 0. The summed E-state index contributed by atoms with van der Waals surface area (Å²) < 4.78 is 5.58. The highest BCUT2D eigenvalue weighted by Gasteiger charge is 2.45. The van der Waals surface area contributed by atoms with E-state index in [0.717, 1.165) is 31.4 Å². The van der Waals surface area contributed by atoms with E-state index < -0.39 is 0 Å². The Hall–Kier alpha value is -1.02. The number of aliphatic hydroxyl groups is 1. The van der Waals surface area contributed by atoms with Gasteiger partial charge in [-0.25, -0.2) is 0 Å². The minimum Gasteiger partial charge on any atom is -0.496 e. The van der Waals surface area contributed by atoms with E-state index in [1.807, 2.05) is 6.07 Å². The number of benzene rings is 1. The fraction of sp³-hybridized carbons (Fsp3) is 0.625. The van der Waals surface area contributed by atoms with Gasteiger partial charge in [0.2, 0.25) is 0 Å². The van der Waals surface area contributed by atoms with Crippen LogP contribution in [0.3, 0.4) is 0 Å². The zero-order valence-electron chi connectivity index (χ0n) is 11.1. The maximum atomic E-state index is 10.6. The second-order valence-electron chi connectivity index (χ2n) is 5.77. The number of hydrogen-bond donors (Lipinski definition) is 1. The first-order chi connectivity index (χ1) is 8.78. The van der Waals surface area contributed by atoms with Gasteiger partial charge in [-0.3, -0.25) is 0 Å². The lowest BCUT2D eigenvalue weighted by atomic mass is 9.60. The number of aliphatic hydroxyl groups excluding tert-OH is 1. The Morgan fingerprint density at radius 1 is 1.22 bits per heavy atom. The zero-order valence-corrected chi connectivity index (χ0v) is 11.1. The first-order valence-electron chi connectivity index (χ1n) is 7.12. The number of rotatable bonds is 1. The fourth-order valence-corrected chi connectivity index (χ4v) is 4.02. The van der Waals surface area contributed by atoms with Gasteiger partial charge in [-0.1, -0.05) is 31.4 Å². The molecular weight excluding hydrogens is 224 g/mol. The lowest BCUT2D eigenvalue weighted by Gasteiger charge is -2.46. The molecule has 0 amide bonds. The number of hydrogen-bond acceptors (Lipinski definition) is 2. The largest absolute Gasteiger partial charge is 0.496 e. The number of aryl methyl sites for hydroxylation is 1. The van der Waals surface area contributed by atoms with Crippen LogP contribution >= 0.6 is 0 Å². The Morgan fingerprint density at radius 3 is 2.72 bits per heavy atom. The first-order valence-corrected chi connectivity index (χ1v) is 7.12. The van der Waals surface area contributed by atoms with E-state index in [1.165, 1.54) is 30.4 Å². The van der Waals surface area contributed by atoms with Crippen molar-refractivity contribution in [1.29, 1.82) is 0 Å². The fourth-order valence-electron chi connectivity index (χ4n) is 4.02. The smallest absolute Gasteiger partial charge is 0.122 e. The van der Waals surface area contributed by atoms with E-state index in [2.05, 4.69) is 12.1 Å². The lowest BCUT2D eigenvalue weighted by molar-refractivity contribution is 0.0373.